The van der Waals surface area contributed by atoms with E-state index in [0.29, 0.717) is 33.6 Å². The Kier molecular flexibility index (Phi) is 3.04. The van der Waals surface area contributed by atoms with Gasteiger partial charge in [-0.05, 0) is 34.5 Å². The van der Waals surface area contributed by atoms with Crippen molar-refractivity contribution in [3.63, 3.8) is 0 Å². The number of pyridine rings is 1. The first kappa shape index (κ1) is 12.3. The predicted molar refractivity (Wildman–Crippen MR) is 72.5 cm³/mol. The molecule has 0 radical (unpaired) electrons. The minimum Gasteiger partial charge on any atom is -0.376 e. The van der Waals surface area contributed by atoms with E-state index in [-0.39, 0.29) is 5.82 Å². The lowest BCUT2D eigenvalue weighted by molar-refractivity contribution is 0.109. The van der Waals surface area contributed by atoms with Crippen LogP contribution in [-0.4, -0.2) is 11.6 Å². The summed E-state index contributed by atoms with van der Waals surface area (Å²) in [5.41, 5.74) is 3.28. The SMILES string of the molecule is Cc1cc(Br)c(F)c2c(Cl)c3c(nc12)CCOC3. The summed E-state index contributed by atoms with van der Waals surface area (Å²) >= 11 is 9.53. The monoisotopic (exact) mass is 329 g/mol. The van der Waals surface area contributed by atoms with Gasteiger partial charge in [-0.25, -0.2) is 4.39 Å². The summed E-state index contributed by atoms with van der Waals surface area (Å²) in [5, 5.41) is 0.810. The minimum atomic E-state index is -0.360. The van der Waals surface area contributed by atoms with Crippen molar-refractivity contribution in [2.75, 3.05) is 6.61 Å². The Balaban J connectivity index is 2.46. The van der Waals surface area contributed by atoms with Crippen molar-refractivity contribution in [1.82, 2.24) is 4.98 Å². The second-order valence-electron chi connectivity index (χ2n) is 4.37. The number of hydrogen-bond acceptors (Lipinski definition) is 2. The van der Waals surface area contributed by atoms with E-state index in [0.717, 1.165) is 23.2 Å². The first-order valence-electron chi connectivity index (χ1n) is 5.63. The fraction of sp³-hybridized carbons (Fsp3) is 0.308. The molecule has 1 aliphatic heterocycles. The maximum Gasteiger partial charge on any atom is 0.148 e. The molecule has 0 amide bonds. The van der Waals surface area contributed by atoms with E-state index < -0.39 is 0 Å². The van der Waals surface area contributed by atoms with Crippen molar-refractivity contribution < 1.29 is 9.13 Å². The first-order valence-corrected chi connectivity index (χ1v) is 6.80. The number of rotatable bonds is 0. The van der Waals surface area contributed by atoms with E-state index in [1.165, 1.54) is 0 Å². The molecule has 18 heavy (non-hydrogen) atoms. The summed E-state index contributed by atoms with van der Waals surface area (Å²) in [6, 6.07) is 1.73. The molecule has 5 heteroatoms. The van der Waals surface area contributed by atoms with Crippen molar-refractivity contribution in [1.29, 1.82) is 0 Å². The van der Waals surface area contributed by atoms with E-state index in [9.17, 15) is 4.39 Å². The number of benzene rings is 1. The lowest BCUT2D eigenvalue weighted by Crippen LogP contribution is -2.13. The topological polar surface area (TPSA) is 22.1 Å². The number of hydrogen-bond donors (Lipinski definition) is 0. The van der Waals surface area contributed by atoms with E-state index >= 15 is 0 Å². The Hall–Kier alpha value is -0.710. The molecule has 0 bridgehead atoms. The molecule has 0 atom stereocenters. The van der Waals surface area contributed by atoms with Gasteiger partial charge in [-0.3, -0.25) is 4.98 Å². The molecule has 3 rings (SSSR count). The molecule has 0 aliphatic carbocycles. The summed E-state index contributed by atoms with van der Waals surface area (Å²) in [4.78, 5) is 4.55. The highest BCUT2D eigenvalue weighted by atomic mass is 79.9. The highest BCUT2D eigenvalue weighted by Crippen LogP contribution is 2.36. The Morgan fingerprint density at radius 2 is 2.28 bits per heavy atom. The minimum absolute atomic E-state index is 0.360. The molecule has 0 fully saturated rings. The van der Waals surface area contributed by atoms with Gasteiger partial charge in [-0.1, -0.05) is 11.6 Å². The Labute approximate surface area is 117 Å². The molecule has 2 heterocycles. The predicted octanol–water partition coefficient (Wildman–Crippen LogP) is 4.17. The maximum atomic E-state index is 14.2. The zero-order chi connectivity index (χ0) is 12.9. The second-order valence-corrected chi connectivity index (χ2v) is 5.60. The van der Waals surface area contributed by atoms with Crippen molar-refractivity contribution >= 4 is 38.4 Å². The van der Waals surface area contributed by atoms with Gasteiger partial charge in [0.15, 0.2) is 0 Å². The molecule has 2 nitrogen and oxygen atoms in total. The molecule has 0 N–H and O–H groups in total. The highest BCUT2D eigenvalue weighted by molar-refractivity contribution is 9.10. The molecule has 0 unspecified atom stereocenters. The van der Waals surface area contributed by atoms with Crippen LogP contribution in [-0.2, 0) is 17.8 Å². The van der Waals surface area contributed by atoms with Gasteiger partial charge in [0.05, 0.1) is 39.3 Å². The molecular formula is C13H10BrClFNO. The molecular weight excluding hydrogens is 321 g/mol. The first-order chi connectivity index (χ1) is 8.59. The Bertz CT molecular complexity index is 659. The number of halogens is 3. The molecule has 0 spiro atoms. The third-order valence-electron chi connectivity index (χ3n) is 3.19. The van der Waals surface area contributed by atoms with Crippen LogP contribution in [0.3, 0.4) is 0 Å². The number of fused-ring (bicyclic) bond motifs is 2. The van der Waals surface area contributed by atoms with Gasteiger partial charge in [0.2, 0.25) is 0 Å². The zero-order valence-corrected chi connectivity index (χ0v) is 12.0. The molecule has 94 valence electrons. The molecule has 1 aromatic heterocycles. The van der Waals surface area contributed by atoms with Gasteiger partial charge in [0.1, 0.15) is 5.82 Å². The van der Waals surface area contributed by atoms with Gasteiger partial charge in [0, 0.05) is 12.0 Å². The Morgan fingerprint density at radius 3 is 3.06 bits per heavy atom. The molecule has 2 aromatic rings. The summed E-state index contributed by atoms with van der Waals surface area (Å²) in [6.07, 6.45) is 0.724. The largest absolute Gasteiger partial charge is 0.376 e. The fourth-order valence-electron chi connectivity index (χ4n) is 2.26. The normalized spacial score (nSPS) is 14.9. The molecule has 0 saturated carbocycles. The van der Waals surface area contributed by atoms with Crippen LogP contribution in [0.15, 0.2) is 10.5 Å². The summed E-state index contributed by atoms with van der Waals surface area (Å²) in [7, 11) is 0. The van der Waals surface area contributed by atoms with Crippen LogP contribution in [0.4, 0.5) is 4.39 Å². The maximum absolute atomic E-state index is 14.2. The van der Waals surface area contributed by atoms with Gasteiger partial charge in [-0.15, -0.1) is 0 Å². The van der Waals surface area contributed by atoms with Gasteiger partial charge < -0.3 is 4.74 Å². The molecule has 0 saturated heterocycles. The second kappa shape index (κ2) is 4.44. The smallest absolute Gasteiger partial charge is 0.148 e. The number of nitrogens with zero attached hydrogens (tertiary/aromatic N) is 1. The number of aromatic nitrogens is 1. The summed E-state index contributed by atoms with van der Waals surface area (Å²) < 4.78 is 20.0. The average Bonchev–Trinajstić information content (AvgIpc) is 2.36. The molecule has 1 aliphatic rings. The fourth-order valence-corrected chi connectivity index (χ4v) is 3.14. The highest BCUT2D eigenvalue weighted by Gasteiger charge is 2.21. The van der Waals surface area contributed by atoms with Crippen molar-refractivity contribution in [2.24, 2.45) is 0 Å². The van der Waals surface area contributed by atoms with Crippen molar-refractivity contribution in [2.45, 2.75) is 20.0 Å². The van der Waals surface area contributed by atoms with Crippen molar-refractivity contribution in [3.8, 4) is 0 Å². The quantitative estimate of drug-likeness (QED) is 0.723. The average molecular weight is 331 g/mol. The van der Waals surface area contributed by atoms with Gasteiger partial charge >= 0.3 is 0 Å². The lowest BCUT2D eigenvalue weighted by Gasteiger charge is -2.19. The van der Waals surface area contributed by atoms with Crippen LogP contribution in [0.25, 0.3) is 10.9 Å². The van der Waals surface area contributed by atoms with Crippen LogP contribution in [0.5, 0.6) is 0 Å². The van der Waals surface area contributed by atoms with Crippen LogP contribution in [0, 0.1) is 12.7 Å². The van der Waals surface area contributed by atoms with Gasteiger partial charge in [0.25, 0.3) is 0 Å². The Morgan fingerprint density at radius 1 is 1.50 bits per heavy atom. The van der Waals surface area contributed by atoms with Gasteiger partial charge in [-0.2, -0.15) is 0 Å². The standard InChI is InChI=1S/C13H10BrClFNO/c1-6-4-8(14)12(16)10-11(15)7-5-18-3-2-9(7)17-13(6)10/h4H,2-3,5H2,1H3. The summed E-state index contributed by atoms with van der Waals surface area (Å²) in [5.74, 6) is -0.360. The van der Waals surface area contributed by atoms with E-state index in [1.54, 1.807) is 6.07 Å². The van der Waals surface area contributed by atoms with E-state index in [2.05, 4.69) is 20.9 Å². The molecule has 1 aromatic carbocycles. The van der Waals surface area contributed by atoms with Crippen LogP contribution < -0.4 is 0 Å². The zero-order valence-electron chi connectivity index (χ0n) is 9.69. The van der Waals surface area contributed by atoms with Crippen LogP contribution in [0.2, 0.25) is 5.02 Å². The van der Waals surface area contributed by atoms with E-state index in [1.807, 2.05) is 6.92 Å². The van der Waals surface area contributed by atoms with Crippen LogP contribution >= 0.6 is 27.5 Å². The van der Waals surface area contributed by atoms with Crippen LogP contribution in [0.1, 0.15) is 16.8 Å². The summed E-state index contributed by atoms with van der Waals surface area (Å²) in [6.45, 7) is 2.95. The third-order valence-corrected chi connectivity index (χ3v) is 4.19. The number of ether oxygens (including phenoxy) is 1. The van der Waals surface area contributed by atoms with E-state index in [4.69, 9.17) is 16.3 Å². The third kappa shape index (κ3) is 1.75. The lowest BCUT2D eigenvalue weighted by atomic mass is 10.0. The number of aryl methyl sites for hydroxylation is 1. The van der Waals surface area contributed by atoms with Crippen molar-refractivity contribution in [3.05, 3.63) is 38.2 Å².